The van der Waals surface area contributed by atoms with Crippen molar-refractivity contribution in [2.24, 2.45) is 0 Å². The van der Waals surface area contributed by atoms with Crippen LogP contribution < -0.4 is 9.47 Å². The molecule has 0 N–H and O–H groups in total. The number of hydrogen-bond donors (Lipinski definition) is 0. The molecule has 2 aromatic carbocycles. The summed E-state index contributed by atoms with van der Waals surface area (Å²) < 4.78 is 20.6. The first-order chi connectivity index (χ1) is 16.5. The highest BCUT2D eigenvalue weighted by atomic mass is 16.5. The van der Waals surface area contributed by atoms with E-state index in [0.717, 1.165) is 22.6 Å². The van der Waals surface area contributed by atoms with Crippen LogP contribution in [0.1, 0.15) is 37.8 Å². The lowest BCUT2D eigenvalue weighted by Crippen LogP contribution is -2.34. The molecule has 0 saturated heterocycles. The van der Waals surface area contributed by atoms with Gasteiger partial charge in [-0.15, -0.1) is 0 Å². The average molecular weight is 468 g/mol. The summed E-state index contributed by atoms with van der Waals surface area (Å²) in [6.45, 7) is 5.19. The highest BCUT2D eigenvalue weighted by molar-refractivity contribution is 5.88. The van der Waals surface area contributed by atoms with Gasteiger partial charge in [0.25, 0.3) is 0 Å². The third-order valence-corrected chi connectivity index (χ3v) is 5.07. The number of carbonyl (C=O) groups is 2. The summed E-state index contributed by atoms with van der Waals surface area (Å²) >= 11 is 0. The van der Waals surface area contributed by atoms with Crippen molar-refractivity contribution in [3.63, 3.8) is 0 Å². The summed E-state index contributed by atoms with van der Waals surface area (Å²) in [7, 11) is 3.25. The molecule has 0 saturated carbocycles. The van der Waals surface area contributed by atoms with Crippen molar-refractivity contribution in [3.05, 3.63) is 59.7 Å². The fourth-order valence-corrected chi connectivity index (χ4v) is 3.35. The molecule has 1 atom stereocenters. The Hall–Kier alpha value is -3.50. The third kappa shape index (κ3) is 9.16. The predicted octanol–water partition coefficient (Wildman–Crippen LogP) is 3.98. The standard InChI is InChI=1S/C27H33NO6/c1-5-33-26(29)17-11-23(12-18-27(30)34-6-2)28(19-21-7-13-24(31-3)14-8-21)20-22-9-15-25(32-4)16-10-22/h7-10,13-16,23H,5-6,11,17,19-20H2,1-4H3. The molecule has 0 bridgehead atoms. The van der Waals surface area contributed by atoms with Gasteiger partial charge >= 0.3 is 11.9 Å². The van der Waals surface area contributed by atoms with Crippen molar-refractivity contribution in [1.82, 2.24) is 4.90 Å². The monoisotopic (exact) mass is 467 g/mol. The second-order valence-corrected chi connectivity index (χ2v) is 7.45. The van der Waals surface area contributed by atoms with E-state index in [4.69, 9.17) is 18.9 Å². The molecule has 0 aliphatic carbocycles. The van der Waals surface area contributed by atoms with Crippen LogP contribution in [0.5, 0.6) is 11.5 Å². The number of benzene rings is 2. The largest absolute Gasteiger partial charge is 0.497 e. The highest BCUT2D eigenvalue weighted by Gasteiger charge is 2.20. The maximum atomic E-state index is 12.1. The van der Waals surface area contributed by atoms with Gasteiger partial charge in [-0.1, -0.05) is 30.2 Å². The molecule has 0 spiro atoms. The van der Waals surface area contributed by atoms with Crippen LogP contribution >= 0.6 is 0 Å². The van der Waals surface area contributed by atoms with E-state index < -0.39 is 5.97 Å². The van der Waals surface area contributed by atoms with E-state index in [-0.39, 0.29) is 25.0 Å². The van der Waals surface area contributed by atoms with Crippen LogP contribution in [0.2, 0.25) is 0 Å². The molecule has 0 heterocycles. The molecule has 0 amide bonds. The second kappa shape index (κ2) is 14.6. The van der Waals surface area contributed by atoms with Crippen LogP contribution in [0.4, 0.5) is 0 Å². The smallest absolute Gasteiger partial charge is 0.384 e. The fraction of sp³-hybridized carbons (Fsp3) is 0.407. The lowest BCUT2D eigenvalue weighted by Gasteiger charge is -2.28. The molecule has 1 unspecified atom stereocenters. The van der Waals surface area contributed by atoms with Crippen LogP contribution in [0.25, 0.3) is 0 Å². The van der Waals surface area contributed by atoms with Crippen LogP contribution in [-0.2, 0) is 32.2 Å². The van der Waals surface area contributed by atoms with Gasteiger partial charge in [-0.2, -0.15) is 0 Å². The summed E-state index contributed by atoms with van der Waals surface area (Å²) in [4.78, 5) is 26.1. The first-order valence-electron chi connectivity index (χ1n) is 11.3. The zero-order valence-corrected chi connectivity index (χ0v) is 20.3. The lowest BCUT2D eigenvalue weighted by atomic mass is 10.1. The summed E-state index contributed by atoms with van der Waals surface area (Å²) in [5.74, 6) is 6.28. The van der Waals surface area contributed by atoms with Crippen LogP contribution in [0.3, 0.4) is 0 Å². The number of carbonyl (C=O) groups excluding carboxylic acids is 2. The predicted molar refractivity (Wildman–Crippen MR) is 129 cm³/mol. The van der Waals surface area contributed by atoms with E-state index in [1.54, 1.807) is 28.1 Å². The van der Waals surface area contributed by atoms with Crippen molar-refractivity contribution in [2.45, 2.75) is 45.8 Å². The zero-order chi connectivity index (χ0) is 24.8. The Morgan fingerprint density at radius 1 is 0.824 bits per heavy atom. The second-order valence-electron chi connectivity index (χ2n) is 7.45. The van der Waals surface area contributed by atoms with E-state index in [0.29, 0.717) is 26.1 Å². The number of rotatable bonds is 12. The first-order valence-corrected chi connectivity index (χ1v) is 11.3. The molecule has 7 heteroatoms. The maximum Gasteiger partial charge on any atom is 0.384 e. The number of esters is 2. The summed E-state index contributed by atoms with van der Waals surface area (Å²) in [6.07, 6.45) is 0.606. The molecule has 0 radical (unpaired) electrons. The summed E-state index contributed by atoms with van der Waals surface area (Å²) in [6, 6.07) is 15.2. The van der Waals surface area contributed by atoms with Gasteiger partial charge in [-0.25, -0.2) is 4.79 Å². The zero-order valence-electron chi connectivity index (χ0n) is 20.3. The number of nitrogens with zero attached hydrogens (tertiary/aromatic N) is 1. The van der Waals surface area contributed by atoms with Gasteiger partial charge in [-0.3, -0.25) is 9.69 Å². The molecule has 7 nitrogen and oxygen atoms in total. The SMILES string of the molecule is CCOC(=O)C#CC(CCC(=O)OCC)N(Cc1ccc(OC)cc1)Cc1ccc(OC)cc1. The number of hydrogen-bond acceptors (Lipinski definition) is 7. The minimum Gasteiger partial charge on any atom is -0.497 e. The minimum absolute atomic E-state index is 0.192. The third-order valence-electron chi connectivity index (χ3n) is 5.07. The first kappa shape index (κ1) is 26.7. The molecule has 34 heavy (non-hydrogen) atoms. The van der Waals surface area contributed by atoms with Gasteiger partial charge in [-0.05, 0) is 55.7 Å². The average Bonchev–Trinajstić information content (AvgIpc) is 2.85. The van der Waals surface area contributed by atoms with E-state index in [2.05, 4.69) is 16.7 Å². The Morgan fingerprint density at radius 2 is 1.32 bits per heavy atom. The van der Waals surface area contributed by atoms with Crippen molar-refractivity contribution in [2.75, 3.05) is 27.4 Å². The molecule has 0 aliphatic rings. The quantitative estimate of drug-likeness (QED) is 0.266. The molecule has 0 aromatic heterocycles. The van der Waals surface area contributed by atoms with Crippen molar-refractivity contribution < 1.29 is 28.5 Å². The Labute approximate surface area is 201 Å². The molecule has 0 aliphatic heterocycles. The lowest BCUT2D eigenvalue weighted by molar-refractivity contribution is -0.143. The van der Waals surface area contributed by atoms with Crippen molar-refractivity contribution in [1.29, 1.82) is 0 Å². The Bertz CT molecular complexity index is 910. The molecule has 0 fully saturated rings. The fourth-order valence-electron chi connectivity index (χ4n) is 3.35. The molecule has 2 aromatic rings. The van der Waals surface area contributed by atoms with Crippen LogP contribution in [-0.4, -0.2) is 50.3 Å². The molecule has 2 rings (SSSR count). The van der Waals surface area contributed by atoms with E-state index >= 15 is 0 Å². The summed E-state index contributed by atoms with van der Waals surface area (Å²) in [5, 5.41) is 0. The molecular formula is C27H33NO6. The number of methoxy groups -OCH3 is 2. The van der Waals surface area contributed by atoms with Crippen molar-refractivity contribution >= 4 is 11.9 Å². The van der Waals surface area contributed by atoms with Gasteiger partial charge in [0.1, 0.15) is 11.5 Å². The van der Waals surface area contributed by atoms with Crippen LogP contribution in [0.15, 0.2) is 48.5 Å². The highest BCUT2D eigenvalue weighted by Crippen LogP contribution is 2.20. The molecular weight excluding hydrogens is 434 g/mol. The van der Waals surface area contributed by atoms with Crippen molar-refractivity contribution in [3.8, 4) is 23.3 Å². The van der Waals surface area contributed by atoms with Gasteiger partial charge in [0.05, 0.1) is 33.5 Å². The molecule has 182 valence electrons. The minimum atomic E-state index is -0.586. The Morgan fingerprint density at radius 3 is 1.76 bits per heavy atom. The van der Waals surface area contributed by atoms with Gasteiger partial charge in [0.15, 0.2) is 0 Å². The van der Waals surface area contributed by atoms with Gasteiger partial charge < -0.3 is 18.9 Å². The normalized spacial score (nSPS) is 11.2. The van der Waals surface area contributed by atoms with Crippen LogP contribution in [0, 0.1) is 11.8 Å². The van der Waals surface area contributed by atoms with Gasteiger partial charge in [0.2, 0.25) is 0 Å². The van der Waals surface area contributed by atoms with E-state index in [1.165, 1.54) is 0 Å². The Kier molecular flexibility index (Phi) is 11.5. The topological polar surface area (TPSA) is 74.3 Å². The van der Waals surface area contributed by atoms with E-state index in [1.807, 2.05) is 48.5 Å². The Balaban J connectivity index is 2.34. The maximum absolute atomic E-state index is 12.1. The summed E-state index contributed by atoms with van der Waals surface area (Å²) in [5.41, 5.74) is 2.10. The van der Waals surface area contributed by atoms with E-state index in [9.17, 15) is 9.59 Å². The number of ether oxygens (including phenoxy) is 4. The van der Waals surface area contributed by atoms with Gasteiger partial charge in [0, 0.05) is 25.4 Å².